The Morgan fingerprint density at radius 3 is 2.27 bits per heavy atom. The van der Waals surface area contributed by atoms with Gasteiger partial charge in [-0.25, -0.2) is 4.79 Å². The van der Waals surface area contributed by atoms with Crippen LogP contribution in [0.4, 0.5) is 0 Å². The van der Waals surface area contributed by atoms with Crippen LogP contribution in [0.1, 0.15) is 28.4 Å². The Morgan fingerprint density at radius 1 is 1.00 bits per heavy atom. The molecule has 0 aromatic heterocycles. The van der Waals surface area contributed by atoms with Gasteiger partial charge < -0.3 is 4.74 Å². The number of ether oxygens (including phenoxy) is 1. The molecule has 3 nitrogen and oxygen atoms in total. The summed E-state index contributed by atoms with van der Waals surface area (Å²) in [5.74, 6) is -0.256. The second-order valence-electron chi connectivity index (χ2n) is 5.14. The predicted octanol–water partition coefficient (Wildman–Crippen LogP) is 3.87. The Balaban J connectivity index is 1.95. The molecule has 0 heterocycles. The van der Waals surface area contributed by atoms with Gasteiger partial charge in [-0.05, 0) is 31.5 Å². The monoisotopic (exact) mass is 294 g/mol. The Kier molecular flexibility index (Phi) is 5.26. The van der Waals surface area contributed by atoms with E-state index in [9.17, 15) is 9.59 Å². The number of ketones is 1. The zero-order chi connectivity index (χ0) is 15.9. The van der Waals surface area contributed by atoms with Crippen molar-refractivity contribution in [2.24, 2.45) is 0 Å². The van der Waals surface area contributed by atoms with E-state index in [4.69, 9.17) is 4.74 Å². The van der Waals surface area contributed by atoms with Crippen molar-refractivity contribution in [3.63, 3.8) is 0 Å². The summed E-state index contributed by atoms with van der Waals surface area (Å²) in [6, 6.07) is 16.5. The van der Waals surface area contributed by atoms with Gasteiger partial charge in [-0.15, -0.1) is 0 Å². The van der Waals surface area contributed by atoms with Crippen LogP contribution in [0.3, 0.4) is 0 Å². The molecule has 0 fully saturated rings. The van der Waals surface area contributed by atoms with Gasteiger partial charge in [0.1, 0.15) is 5.76 Å². The van der Waals surface area contributed by atoms with Gasteiger partial charge in [0.25, 0.3) is 0 Å². The van der Waals surface area contributed by atoms with E-state index in [1.165, 1.54) is 6.08 Å². The lowest BCUT2D eigenvalue weighted by Crippen LogP contribution is -2.06. The van der Waals surface area contributed by atoms with E-state index in [1.807, 2.05) is 49.4 Å². The lowest BCUT2D eigenvalue weighted by Gasteiger charge is -2.05. The summed E-state index contributed by atoms with van der Waals surface area (Å²) in [6.45, 7) is 3.55. The molecule has 0 aliphatic carbocycles. The molecule has 0 N–H and O–H groups in total. The van der Waals surface area contributed by atoms with Gasteiger partial charge in [0.05, 0.1) is 5.56 Å². The van der Waals surface area contributed by atoms with Crippen LogP contribution in [0.25, 0.3) is 0 Å². The third kappa shape index (κ3) is 4.70. The first-order valence-corrected chi connectivity index (χ1v) is 7.08. The molecule has 0 bridgehead atoms. The number of rotatable bonds is 5. The maximum absolute atomic E-state index is 11.9. The fourth-order valence-corrected chi connectivity index (χ4v) is 2.00. The number of hydrogen-bond donors (Lipinski definition) is 0. The molecule has 0 saturated carbocycles. The van der Waals surface area contributed by atoms with Crippen molar-refractivity contribution in [1.29, 1.82) is 0 Å². The van der Waals surface area contributed by atoms with E-state index in [0.717, 1.165) is 11.1 Å². The molecule has 2 rings (SSSR count). The maximum Gasteiger partial charge on any atom is 0.343 e. The molecule has 0 aliphatic rings. The Labute approximate surface area is 130 Å². The molecule has 0 atom stereocenters. The number of carbonyl (C=O) groups excluding carboxylic acids is 2. The average Bonchev–Trinajstić information content (AvgIpc) is 2.48. The minimum absolute atomic E-state index is 0.0968. The Hall–Kier alpha value is -2.68. The summed E-state index contributed by atoms with van der Waals surface area (Å²) in [5.41, 5.74) is 2.47. The SMILES string of the molecule is C/C(=C\C(=O)Cc1ccccc1)OC(=O)c1ccc(C)cc1. The fraction of sp³-hybridized carbons (Fsp3) is 0.158. The number of carbonyl (C=O) groups is 2. The second-order valence-corrected chi connectivity index (χ2v) is 5.14. The highest BCUT2D eigenvalue weighted by Crippen LogP contribution is 2.09. The first-order chi connectivity index (χ1) is 10.5. The standard InChI is InChI=1S/C19H18O3/c1-14-8-10-17(11-9-14)19(21)22-15(2)12-18(20)13-16-6-4-3-5-7-16/h3-12H,13H2,1-2H3/b15-12+. The number of hydrogen-bond acceptors (Lipinski definition) is 3. The summed E-state index contributed by atoms with van der Waals surface area (Å²) in [7, 11) is 0. The third-order valence-electron chi connectivity index (χ3n) is 3.13. The van der Waals surface area contributed by atoms with E-state index in [2.05, 4.69) is 0 Å². The summed E-state index contributed by atoms with van der Waals surface area (Å²) >= 11 is 0. The van der Waals surface area contributed by atoms with Gasteiger partial charge in [-0.3, -0.25) is 4.79 Å². The first kappa shape index (κ1) is 15.7. The van der Waals surface area contributed by atoms with Crippen molar-refractivity contribution in [3.05, 3.63) is 83.1 Å². The normalized spacial score (nSPS) is 11.1. The highest BCUT2D eigenvalue weighted by Gasteiger charge is 2.09. The van der Waals surface area contributed by atoms with E-state index in [1.54, 1.807) is 19.1 Å². The largest absolute Gasteiger partial charge is 0.428 e. The lowest BCUT2D eigenvalue weighted by molar-refractivity contribution is -0.114. The van der Waals surface area contributed by atoms with Gasteiger partial charge in [-0.2, -0.15) is 0 Å². The molecule has 0 unspecified atom stereocenters. The fourth-order valence-electron chi connectivity index (χ4n) is 2.00. The first-order valence-electron chi connectivity index (χ1n) is 7.08. The molecule has 22 heavy (non-hydrogen) atoms. The number of allylic oxidation sites excluding steroid dienone is 2. The van der Waals surface area contributed by atoms with E-state index < -0.39 is 5.97 Å². The molecule has 0 radical (unpaired) electrons. The van der Waals surface area contributed by atoms with E-state index in [-0.39, 0.29) is 5.78 Å². The summed E-state index contributed by atoms with van der Waals surface area (Å²) in [6.07, 6.45) is 1.65. The van der Waals surface area contributed by atoms with E-state index in [0.29, 0.717) is 17.7 Å². The smallest absolute Gasteiger partial charge is 0.343 e. The number of benzene rings is 2. The van der Waals surface area contributed by atoms with Gasteiger partial charge in [0.15, 0.2) is 5.78 Å². The minimum atomic E-state index is -0.457. The highest BCUT2D eigenvalue weighted by molar-refractivity contribution is 5.93. The van der Waals surface area contributed by atoms with Crippen LogP contribution in [-0.2, 0) is 16.0 Å². The lowest BCUT2D eigenvalue weighted by atomic mass is 10.1. The van der Waals surface area contributed by atoms with Crippen molar-refractivity contribution in [3.8, 4) is 0 Å². The molecule has 2 aromatic rings. The van der Waals surface area contributed by atoms with Crippen LogP contribution in [0.2, 0.25) is 0 Å². The summed E-state index contributed by atoms with van der Waals surface area (Å²) in [4.78, 5) is 23.8. The van der Waals surface area contributed by atoms with Gasteiger partial charge in [0.2, 0.25) is 0 Å². The van der Waals surface area contributed by atoms with Crippen LogP contribution >= 0.6 is 0 Å². The maximum atomic E-state index is 11.9. The molecule has 0 spiro atoms. The van der Waals surface area contributed by atoms with Gasteiger partial charge in [0, 0.05) is 12.5 Å². The molecule has 0 amide bonds. The quantitative estimate of drug-likeness (QED) is 0.477. The number of aryl methyl sites for hydroxylation is 1. The summed E-state index contributed by atoms with van der Waals surface area (Å²) in [5, 5.41) is 0. The van der Waals surface area contributed by atoms with Crippen molar-refractivity contribution < 1.29 is 14.3 Å². The Bertz CT molecular complexity index is 682. The van der Waals surface area contributed by atoms with Crippen LogP contribution in [-0.4, -0.2) is 11.8 Å². The van der Waals surface area contributed by atoms with Crippen LogP contribution < -0.4 is 0 Å². The molecule has 0 saturated heterocycles. The molecule has 112 valence electrons. The average molecular weight is 294 g/mol. The minimum Gasteiger partial charge on any atom is -0.428 e. The number of esters is 1. The van der Waals surface area contributed by atoms with Crippen molar-refractivity contribution in [2.75, 3.05) is 0 Å². The predicted molar refractivity (Wildman–Crippen MR) is 85.5 cm³/mol. The van der Waals surface area contributed by atoms with Crippen LogP contribution in [0.15, 0.2) is 66.4 Å². The zero-order valence-electron chi connectivity index (χ0n) is 12.7. The second kappa shape index (κ2) is 7.36. The third-order valence-corrected chi connectivity index (χ3v) is 3.13. The van der Waals surface area contributed by atoms with Crippen LogP contribution in [0.5, 0.6) is 0 Å². The molecule has 0 aliphatic heterocycles. The van der Waals surface area contributed by atoms with Gasteiger partial charge in [-0.1, -0.05) is 48.0 Å². The zero-order valence-corrected chi connectivity index (χ0v) is 12.7. The molecular weight excluding hydrogens is 276 g/mol. The van der Waals surface area contributed by atoms with Gasteiger partial charge >= 0.3 is 5.97 Å². The molecule has 2 aromatic carbocycles. The van der Waals surface area contributed by atoms with Crippen molar-refractivity contribution in [2.45, 2.75) is 20.3 Å². The molecular formula is C19H18O3. The summed E-state index contributed by atoms with van der Waals surface area (Å²) < 4.78 is 5.19. The topological polar surface area (TPSA) is 43.4 Å². The molecule has 3 heteroatoms. The van der Waals surface area contributed by atoms with E-state index >= 15 is 0 Å². The van der Waals surface area contributed by atoms with Crippen molar-refractivity contribution in [1.82, 2.24) is 0 Å². The van der Waals surface area contributed by atoms with Crippen molar-refractivity contribution >= 4 is 11.8 Å². The van der Waals surface area contributed by atoms with Crippen LogP contribution in [0, 0.1) is 6.92 Å². The highest BCUT2D eigenvalue weighted by atomic mass is 16.5. The Morgan fingerprint density at radius 2 is 1.64 bits per heavy atom.